The highest BCUT2D eigenvalue weighted by Crippen LogP contribution is 2.24. The Morgan fingerprint density at radius 2 is 1.96 bits per heavy atom. The van der Waals surface area contributed by atoms with Crippen molar-refractivity contribution >= 4 is 28.6 Å². The molecule has 0 fully saturated rings. The van der Waals surface area contributed by atoms with Crippen LogP contribution in [0.4, 0.5) is 5.69 Å². The summed E-state index contributed by atoms with van der Waals surface area (Å²) in [5.41, 5.74) is 2.59. The number of carbonyl (C=O) groups is 1. The molecule has 5 nitrogen and oxygen atoms in total. The van der Waals surface area contributed by atoms with Crippen LogP contribution >= 0.6 is 0 Å². The number of hydrogen-bond acceptors (Lipinski definition) is 3. The maximum absolute atomic E-state index is 12.5. The van der Waals surface area contributed by atoms with Gasteiger partial charge in [-0.1, -0.05) is 18.2 Å². The quantitative estimate of drug-likeness (QED) is 0.556. The molecule has 0 spiro atoms. The predicted octanol–water partition coefficient (Wildman–Crippen LogP) is 4.22. The maximum atomic E-state index is 12.5. The molecule has 0 saturated carbocycles. The van der Waals surface area contributed by atoms with Crippen molar-refractivity contribution in [2.45, 2.75) is 13.5 Å². The first-order chi connectivity index (χ1) is 12.7. The summed E-state index contributed by atoms with van der Waals surface area (Å²) in [6, 6.07) is 16.9. The van der Waals surface area contributed by atoms with Gasteiger partial charge in [0.15, 0.2) is 0 Å². The molecule has 0 aliphatic heterocycles. The topological polar surface area (TPSA) is 67.0 Å². The molecule has 0 saturated heterocycles. The van der Waals surface area contributed by atoms with Gasteiger partial charge >= 0.3 is 0 Å². The van der Waals surface area contributed by atoms with Crippen LogP contribution in [0.5, 0.6) is 5.75 Å². The second-order valence-corrected chi connectivity index (χ2v) is 5.74. The molecule has 130 valence electrons. The zero-order valence-corrected chi connectivity index (χ0v) is 14.7. The SMILES string of the molecule is CCn1cc(C=C(C#N)C(=O)Nc2ccc(OC)cc2)c2ccccc21. The lowest BCUT2D eigenvalue weighted by Gasteiger charge is -2.05. The summed E-state index contributed by atoms with van der Waals surface area (Å²) in [6.45, 7) is 2.87. The number of nitrogens with zero attached hydrogens (tertiary/aromatic N) is 2. The van der Waals surface area contributed by atoms with Crippen LogP contribution in [0.15, 0.2) is 60.3 Å². The van der Waals surface area contributed by atoms with Crippen molar-refractivity contribution in [1.29, 1.82) is 5.26 Å². The molecule has 0 aliphatic carbocycles. The van der Waals surface area contributed by atoms with Crippen LogP contribution in [0.1, 0.15) is 12.5 Å². The number of carbonyl (C=O) groups excluding carboxylic acids is 1. The van der Waals surface area contributed by atoms with E-state index < -0.39 is 5.91 Å². The first kappa shape index (κ1) is 17.3. The van der Waals surface area contributed by atoms with E-state index in [-0.39, 0.29) is 5.57 Å². The predicted molar refractivity (Wildman–Crippen MR) is 103 cm³/mol. The fourth-order valence-corrected chi connectivity index (χ4v) is 2.83. The average molecular weight is 345 g/mol. The third-order valence-corrected chi connectivity index (χ3v) is 4.17. The Kier molecular flexibility index (Phi) is 5.04. The highest BCUT2D eigenvalue weighted by molar-refractivity contribution is 6.10. The van der Waals surface area contributed by atoms with Gasteiger partial charge in [0.2, 0.25) is 0 Å². The number of fused-ring (bicyclic) bond motifs is 1. The molecule has 2 aromatic carbocycles. The van der Waals surface area contributed by atoms with Crippen molar-refractivity contribution in [3.63, 3.8) is 0 Å². The van der Waals surface area contributed by atoms with Crippen molar-refractivity contribution in [3.8, 4) is 11.8 Å². The van der Waals surface area contributed by atoms with Gasteiger partial charge in [0.25, 0.3) is 5.91 Å². The second-order valence-electron chi connectivity index (χ2n) is 5.74. The van der Waals surface area contributed by atoms with E-state index in [1.165, 1.54) is 0 Å². The van der Waals surface area contributed by atoms with Crippen molar-refractivity contribution in [3.05, 3.63) is 65.9 Å². The molecule has 1 amide bonds. The molecule has 0 radical (unpaired) electrons. The number of hydrogen-bond donors (Lipinski definition) is 1. The Bertz CT molecular complexity index is 1010. The fraction of sp³-hybridized carbons (Fsp3) is 0.143. The maximum Gasteiger partial charge on any atom is 0.266 e. The van der Waals surface area contributed by atoms with E-state index in [0.717, 1.165) is 23.0 Å². The number of aryl methyl sites for hydroxylation is 1. The normalized spacial score (nSPS) is 11.2. The number of benzene rings is 2. The summed E-state index contributed by atoms with van der Waals surface area (Å²) in [5.74, 6) is 0.261. The van der Waals surface area contributed by atoms with Crippen LogP contribution in [0.3, 0.4) is 0 Å². The summed E-state index contributed by atoms with van der Waals surface area (Å²) in [6.07, 6.45) is 3.59. The summed E-state index contributed by atoms with van der Waals surface area (Å²) < 4.78 is 7.19. The van der Waals surface area contributed by atoms with Crippen LogP contribution in [0.25, 0.3) is 17.0 Å². The second kappa shape index (κ2) is 7.58. The highest BCUT2D eigenvalue weighted by Gasteiger charge is 2.12. The number of methoxy groups -OCH3 is 1. The molecule has 0 bridgehead atoms. The number of aromatic nitrogens is 1. The van der Waals surface area contributed by atoms with Crippen molar-refractivity contribution in [1.82, 2.24) is 4.57 Å². The molecule has 3 aromatic rings. The number of nitriles is 1. The molecule has 0 atom stereocenters. The molecule has 3 rings (SSSR count). The Hall–Kier alpha value is -3.52. The molecule has 1 heterocycles. The fourth-order valence-electron chi connectivity index (χ4n) is 2.83. The smallest absolute Gasteiger partial charge is 0.266 e. The summed E-state index contributed by atoms with van der Waals surface area (Å²) >= 11 is 0. The molecular formula is C21H19N3O2. The van der Waals surface area contributed by atoms with E-state index in [4.69, 9.17) is 4.74 Å². The molecular weight excluding hydrogens is 326 g/mol. The third kappa shape index (κ3) is 3.45. The standard InChI is InChI=1S/C21H19N3O2/c1-3-24-14-16(19-6-4-5-7-20(19)24)12-15(13-22)21(25)23-17-8-10-18(26-2)11-9-17/h4-12,14H,3H2,1-2H3,(H,23,25). The number of nitrogens with one attached hydrogen (secondary N) is 1. The Morgan fingerprint density at radius 1 is 1.23 bits per heavy atom. The van der Waals surface area contributed by atoms with Crippen LogP contribution in [-0.4, -0.2) is 17.6 Å². The van der Waals surface area contributed by atoms with Crippen LogP contribution in [0, 0.1) is 11.3 Å². The highest BCUT2D eigenvalue weighted by atomic mass is 16.5. The Balaban J connectivity index is 1.90. The van der Waals surface area contributed by atoms with Crippen molar-refractivity contribution < 1.29 is 9.53 Å². The molecule has 5 heteroatoms. The van der Waals surface area contributed by atoms with E-state index in [0.29, 0.717) is 11.4 Å². The zero-order valence-electron chi connectivity index (χ0n) is 14.7. The van der Waals surface area contributed by atoms with Crippen LogP contribution < -0.4 is 10.1 Å². The monoisotopic (exact) mass is 345 g/mol. The first-order valence-electron chi connectivity index (χ1n) is 8.31. The van der Waals surface area contributed by atoms with E-state index >= 15 is 0 Å². The van der Waals surface area contributed by atoms with Gasteiger partial charge in [-0.25, -0.2) is 0 Å². The van der Waals surface area contributed by atoms with Crippen molar-refractivity contribution in [2.24, 2.45) is 0 Å². The van der Waals surface area contributed by atoms with E-state index in [2.05, 4.69) is 16.8 Å². The third-order valence-electron chi connectivity index (χ3n) is 4.17. The first-order valence-corrected chi connectivity index (χ1v) is 8.31. The minimum atomic E-state index is -0.439. The van der Waals surface area contributed by atoms with Gasteiger partial charge in [-0.05, 0) is 43.3 Å². The number of anilines is 1. The van der Waals surface area contributed by atoms with E-state index in [9.17, 15) is 10.1 Å². The molecule has 0 aliphatic rings. The summed E-state index contributed by atoms with van der Waals surface area (Å²) in [4.78, 5) is 12.5. The van der Waals surface area contributed by atoms with Crippen LogP contribution in [0.2, 0.25) is 0 Å². The largest absolute Gasteiger partial charge is 0.497 e. The Labute approximate surface area is 152 Å². The number of amides is 1. The summed E-state index contributed by atoms with van der Waals surface area (Å²) in [7, 11) is 1.58. The minimum Gasteiger partial charge on any atom is -0.497 e. The zero-order chi connectivity index (χ0) is 18.5. The average Bonchev–Trinajstić information content (AvgIpc) is 3.04. The van der Waals surface area contributed by atoms with E-state index in [1.807, 2.05) is 36.5 Å². The van der Waals surface area contributed by atoms with Gasteiger partial charge < -0.3 is 14.6 Å². The van der Waals surface area contributed by atoms with Gasteiger partial charge in [-0.3, -0.25) is 4.79 Å². The molecule has 0 unspecified atom stereocenters. The minimum absolute atomic E-state index is 0.0554. The van der Waals surface area contributed by atoms with Crippen molar-refractivity contribution in [2.75, 3.05) is 12.4 Å². The van der Waals surface area contributed by atoms with Gasteiger partial charge in [0, 0.05) is 34.9 Å². The lowest BCUT2D eigenvalue weighted by atomic mass is 10.1. The van der Waals surface area contributed by atoms with Gasteiger partial charge in [-0.2, -0.15) is 5.26 Å². The van der Waals surface area contributed by atoms with Gasteiger partial charge in [-0.15, -0.1) is 0 Å². The lowest BCUT2D eigenvalue weighted by Crippen LogP contribution is -2.13. The van der Waals surface area contributed by atoms with Gasteiger partial charge in [0.1, 0.15) is 17.4 Å². The summed E-state index contributed by atoms with van der Waals surface area (Å²) in [5, 5.41) is 13.2. The lowest BCUT2D eigenvalue weighted by molar-refractivity contribution is -0.112. The number of ether oxygens (including phenoxy) is 1. The van der Waals surface area contributed by atoms with Crippen LogP contribution in [-0.2, 0) is 11.3 Å². The molecule has 26 heavy (non-hydrogen) atoms. The molecule has 1 N–H and O–H groups in total. The van der Waals surface area contributed by atoms with E-state index in [1.54, 1.807) is 37.5 Å². The number of para-hydroxylation sites is 1. The van der Waals surface area contributed by atoms with Gasteiger partial charge in [0.05, 0.1) is 7.11 Å². The number of rotatable bonds is 5. The molecule has 1 aromatic heterocycles. The Morgan fingerprint density at radius 3 is 2.62 bits per heavy atom.